The molecule has 13 nitrogen and oxygen atoms in total. The van der Waals surface area contributed by atoms with Crippen LogP contribution in [0.5, 0.6) is 5.75 Å². The van der Waals surface area contributed by atoms with E-state index in [-0.39, 0.29) is 19.6 Å². The highest BCUT2D eigenvalue weighted by molar-refractivity contribution is 5.95. The summed E-state index contributed by atoms with van der Waals surface area (Å²) in [7, 11) is 0. The molecule has 0 radical (unpaired) electrons. The Morgan fingerprint density at radius 1 is 0.667 bits per heavy atom. The number of alkyl carbamates (subject to hydrolysis) is 1. The van der Waals surface area contributed by atoms with Gasteiger partial charge in [-0.25, -0.2) is 4.79 Å². The zero-order valence-corrected chi connectivity index (χ0v) is 27.3. The molecule has 0 spiro atoms. The molecule has 3 aromatic carbocycles. The van der Waals surface area contributed by atoms with Gasteiger partial charge in [-0.2, -0.15) is 0 Å². The van der Waals surface area contributed by atoms with E-state index in [1.54, 1.807) is 45.0 Å². The summed E-state index contributed by atoms with van der Waals surface area (Å²) in [5, 5.41) is 7.40. The maximum absolute atomic E-state index is 13.5. The summed E-state index contributed by atoms with van der Waals surface area (Å²) in [5.74, 6) is -2.74. The zero-order valence-electron chi connectivity index (χ0n) is 27.3. The molecule has 48 heavy (non-hydrogen) atoms. The van der Waals surface area contributed by atoms with E-state index in [2.05, 4.69) is 16.0 Å². The fourth-order valence-corrected chi connectivity index (χ4v) is 4.38. The summed E-state index contributed by atoms with van der Waals surface area (Å²) in [5.41, 5.74) is 12.6. The van der Waals surface area contributed by atoms with E-state index in [1.165, 1.54) is 0 Å². The minimum atomic E-state index is -1.46. The lowest BCUT2D eigenvalue weighted by Gasteiger charge is -2.25. The molecule has 0 aliphatic carbocycles. The van der Waals surface area contributed by atoms with Crippen LogP contribution >= 0.6 is 0 Å². The molecule has 3 unspecified atom stereocenters. The number of amides is 5. The number of benzene rings is 3. The lowest BCUT2D eigenvalue weighted by atomic mass is 10.0. The van der Waals surface area contributed by atoms with Crippen LogP contribution in [0.1, 0.15) is 43.9 Å². The molecule has 13 heteroatoms. The van der Waals surface area contributed by atoms with Gasteiger partial charge in [-0.1, -0.05) is 72.8 Å². The lowest BCUT2D eigenvalue weighted by Crippen LogP contribution is -2.58. The van der Waals surface area contributed by atoms with Gasteiger partial charge >= 0.3 is 6.09 Å². The largest absolute Gasteiger partial charge is 0.489 e. The van der Waals surface area contributed by atoms with Crippen molar-refractivity contribution in [2.75, 3.05) is 6.61 Å². The Bertz CT molecular complexity index is 1510. The summed E-state index contributed by atoms with van der Waals surface area (Å²) < 4.78 is 16.7. The van der Waals surface area contributed by atoms with Crippen LogP contribution in [0, 0.1) is 0 Å². The summed E-state index contributed by atoms with van der Waals surface area (Å²) in [6.07, 6.45) is -1.48. The minimum absolute atomic E-state index is 0.0517. The predicted octanol–water partition coefficient (Wildman–Crippen LogP) is 2.25. The van der Waals surface area contributed by atoms with Crippen molar-refractivity contribution < 1.29 is 38.2 Å². The first-order valence-electron chi connectivity index (χ1n) is 15.3. The summed E-state index contributed by atoms with van der Waals surface area (Å²) in [6.45, 7) is 5.06. The lowest BCUT2D eigenvalue weighted by molar-refractivity contribution is -0.134. The SMILES string of the molecule is CC(C)(C)OC(=O)NC(CC(N)=O)C(=O)NC(COCc1ccccc1)C(=O)NC(Cc1ccc(OCc2ccccc2)cc1)C(N)=O. The van der Waals surface area contributed by atoms with Gasteiger partial charge in [-0.05, 0) is 49.6 Å². The average molecular weight is 662 g/mol. The average Bonchev–Trinajstić information content (AvgIpc) is 3.03. The van der Waals surface area contributed by atoms with E-state index in [1.807, 2.05) is 60.7 Å². The van der Waals surface area contributed by atoms with Crippen molar-refractivity contribution in [3.63, 3.8) is 0 Å². The number of hydrogen-bond acceptors (Lipinski definition) is 8. The number of carbonyl (C=O) groups excluding carboxylic acids is 5. The van der Waals surface area contributed by atoms with E-state index in [9.17, 15) is 24.0 Å². The van der Waals surface area contributed by atoms with Crippen molar-refractivity contribution in [1.82, 2.24) is 16.0 Å². The molecule has 256 valence electrons. The van der Waals surface area contributed by atoms with Gasteiger partial charge in [0.2, 0.25) is 23.6 Å². The number of carbonyl (C=O) groups is 5. The van der Waals surface area contributed by atoms with Gasteiger partial charge in [-0.15, -0.1) is 0 Å². The summed E-state index contributed by atoms with van der Waals surface area (Å²) in [6, 6.07) is 21.8. The van der Waals surface area contributed by atoms with E-state index in [4.69, 9.17) is 25.7 Å². The molecule has 0 heterocycles. The van der Waals surface area contributed by atoms with Gasteiger partial charge in [0.25, 0.3) is 0 Å². The molecular weight excluding hydrogens is 618 g/mol. The number of nitrogens with two attached hydrogens (primary N) is 2. The fraction of sp³-hybridized carbons (Fsp3) is 0.343. The Labute approximate surface area is 279 Å². The van der Waals surface area contributed by atoms with Gasteiger partial charge in [0.05, 0.1) is 19.6 Å². The first kappa shape index (κ1) is 37.0. The predicted molar refractivity (Wildman–Crippen MR) is 177 cm³/mol. The smallest absolute Gasteiger partial charge is 0.408 e. The van der Waals surface area contributed by atoms with Crippen LogP contribution in [-0.4, -0.2) is 60.1 Å². The van der Waals surface area contributed by atoms with Crippen molar-refractivity contribution in [2.24, 2.45) is 11.5 Å². The Morgan fingerprint density at radius 2 is 1.21 bits per heavy atom. The van der Waals surface area contributed by atoms with Crippen LogP contribution in [0.2, 0.25) is 0 Å². The van der Waals surface area contributed by atoms with Crippen LogP contribution in [0.3, 0.4) is 0 Å². The molecular formula is C35H43N5O8. The topological polar surface area (TPSA) is 201 Å². The highest BCUT2D eigenvalue weighted by Crippen LogP contribution is 2.16. The molecule has 3 aromatic rings. The third-order valence-electron chi connectivity index (χ3n) is 6.71. The van der Waals surface area contributed by atoms with Crippen LogP contribution in [0.4, 0.5) is 4.79 Å². The first-order valence-corrected chi connectivity index (χ1v) is 15.3. The monoisotopic (exact) mass is 661 g/mol. The van der Waals surface area contributed by atoms with Gasteiger partial charge < -0.3 is 41.6 Å². The van der Waals surface area contributed by atoms with Gasteiger partial charge in [-0.3, -0.25) is 19.2 Å². The summed E-state index contributed by atoms with van der Waals surface area (Å²) in [4.78, 5) is 63.4. The molecule has 0 fully saturated rings. The Morgan fingerprint density at radius 3 is 1.75 bits per heavy atom. The molecule has 0 aliphatic rings. The molecule has 5 amide bonds. The second-order valence-electron chi connectivity index (χ2n) is 12.0. The fourth-order valence-electron chi connectivity index (χ4n) is 4.38. The zero-order chi connectivity index (χ0) is 35.1. The molecule has 7 N–H and O–H groups in total. The normalized spacial score (nSPS) is 12.9. The number of ether oxygens (including phenoxy) is 3. The number of primary amides is 2. The van der Waals surface area contributed by atoms with Crippen molar-refractivity contribution >= 4 is 29.7 Å². The molecule has 0 aliphatic heterocycles. The van der Waals surface area contributed by atoms with E-state index in [0.717, 1.165) is 11.1 Å². The van der Waals surface area contributed by atoms with Crippen LogP contribution in [0.25, 0.3) is 0 Å². The number of nitrogens with one attached hydrogen (secondary N) is 3. The maximum atomic E-state index is 13.5. The highest BCUT2D eigenvalue weighted by atomic mass is 16.6. The number of rotatable bonds is 17. The molecule has 0 saturated carbocycles. The Hall–Kier alpha value is -5.43. The second-order valence-corrected chi connectivity index (χ2v) is 12.0. The molecule has 0 bridgehead atoms. The highest BCUT2D eigenvalue weighted by Gasteiger charge is 2.31. The van der Waals surface area contributed by atoms with Crippen molar-refractivity contribution in [3.8, 4) is 5.75 Å². The third-order valence-corrected chi connectivity index (χ3v) is 6.71. The van der Waals surface area contributed by atoms with E-state index in [0.29, 0.717) is 17.9 Å². The van der Waals surface area contributed by atoms with E-state index >= 15 is 0 Å². The maximum Gasteiger partial charge on any atom is 0.408 e. The van der Waals surface area contributed by atoms with Gasteiger partial charge in [0.15, 0.2) is 0 Å². The quantitative estimate of drug-likeness (QED) is 0.145. The minimum Gasteiger partial charge on any atom is -0.489 e. The number of hydrogen-bond donors (Lipinski definition) is 5. The Balaban J connectivity index is 1.71. The molecule has 3 atom stereocenters. The Kier molecular flexibility index (Phi) is 13.9. The van der Waals surface area contributed by atoms with Crippen LogP contribution in [-0.2, 0) is 48.3 Å². The summed E-state index contributed by atoms with van der Waals surface area (Å²) >= 11 is 0. The molecule has 3 rings (SSSR count). The van der Waals surface area contributed by atoms with Gasteiger partial charge in [0.1, 0.15) is 36.1 Å². The van der Waals surface area contributed by atoms with Gasteiger partial charge in [0, 0.05) is 6.42 Å². The first-order chi connectivity index (χ1) is 22.8. The third kappa shape index (κ3) is 13.5. The second kappa shape index (κ2) is 18.0. The van der Waals surface area contributed by atoms with Crippen molar-refractivity contribution in [3.05, 3.63) is 102 Å². The van der Waals surface area contributed by atoms with Crippen LogP contribution in [0.15, 0.2) is 84.9 Å². The van der Waals surface area contributed by atoms with Crippen molar-refractivity contribution in [2.45, 2.75) is 70.6 Å². The standard InChI is InChI=1S/C35H43N5O8/c1-35(2,3)48-34(45)40-28(19-30(36)41)32(43)39-29(22-46-20-24-10-6-4-7-11-24)33(44)38-27(31(37)42)18-23-14-16-26(17-15-23)47-21-25-12-8-5-9-13-25/h4-17,27-29H,18-22H2,1-3H3,(H2,36,41)(H2,37,42)(H,38,44)(H,39,43)(H,40,45). The molecule has 0 saturated heterocycles. The molecule has 0 aromatic heterocycles. The van der Waals surface area contributed by atoms with Crippen molar-refractivity contribution in [1.29, 1.82) is 0 Å². The van der Waals surface area contributed by atoms with Crippen LogP contribution < -0.4 is 32.2 Å². The van der Waals surface area contributed by atoms with E-state index < -0.39 is 59.9 Å².